The van der Waals surface area contributed by atoms with Gasteiger partial charge in [0.15, 0.2) is 5.82 Å². The van der Waals surface area contributed by atoms with Crippen molar-refractivity contribution in [3.8, 4) is 17.1 Å². The fourth-order valence-corrected chi connectivity index (χ4v) is 6.37. The van der Waals surface area contributed by atoms with E-state index < -0.39 is 11.3 Å². The lowest BCUT2D eigenvalue weighted by Gasteiger charge is -2.66. The van der Waals surface area contributed by atoms with Crippen molar-refractivity contribution in [1.82, 2.24) is 39.6 Å². The molecule has 1 aromatic carbocycles. The Labute approximate surface area is 226 Å². The van der Waals surface area contributed by atoms with Crippen LogP contribution in [-0.4, -0.2) is 46.5 Å². The molecule has 9 rings (SSSR count). The van der Waals surface area contributed by atoms with Gasteiger partial charge in [-0.25, -0.2) is 23.8 Å². The molecule has 0 saturated heterocycles. The zero-order chi connectivity index (χ0) is 26.9. The first-order chi connectivity index (χ1) is 19.4. The Morgan fingerprint density at radius 1 is 1.07 bits per heavy atom. The largest absolute Gasteiger partial charge is 0.402 e. The van der Waals surface area contributed by atoms with E-state index in [9.17, 15) is 9.18 Å². The third kappa shape index (κ3) is 3.92. The standard InChI is InChI=1S/C29H25FN8O2/c30-29-13-28(14-29,15-29)16-32-9-21-6-19-2-1-18(5-24(19)35-21)12-37-17-34-26(36-37)20-7-22(10-31-8-20)38-4-3-23-27(38)40-25(39)11-33-23/h1-8,10-11,17,32,35H,9,12-16H2. The molecule has 0 aliphatic heterocycles. The molecule has 10 nitrogen and oxygen atoms in total. The van der Waals surface area contributed by atoms with E-state index in [1.807, 2.05) is 6.07 Å². The van der Waals surface area contributed by atoms with Gasteiger partial charge in [0.25, 0.3) is 0 Å². The van der Waals surface area contributed by atoms with Crippen molar-refractivity contribution in [2.75, 3.05) is 6.54 Å². The van der Waals surface area contributed by atoms with Gasteiger partial charge in [-0.15, -0.1) is 0 Å². The number of benzene rings is 1. The average Bonchev–Trinajstić information content (AvgIpc) is 3.65. The number of rotatable bonds is 8. The highest BCUT2D eigenvalue weighted by atomic mass is 19.1. The zero-order valence-electron chi connectivity index (χ0n) is 21.5. The fraction of sp³-hybridized carbons (Fsp3) is 0.276. The van der Waals surface area contributed by atoms with Gasteiger partial charge in [0.2, 0.25) is 5.71 Å². The van der Waals surface area contributed by atoms with Gasteiger partial charge in [-0.1, -0.05) is 12.1 Å². The smallest absolute Gasteiger partial charge is 0.356 e. The van der Waals surface area contributed by atoms with E-state index in [4.69, 9.17) is 4.42 Å². The van der Waals surface area contributed by atoms with Gasteiger partial charge >= 0.3 is 5.63 Å². The van der Waals surface area contributed by atoms with Gasteiger partial charge in [0.1, 0.15) is 23.7 Å². The van der Waals surface area contributed by atoms with Crippen molar-refractivity contribution in [3.63, 3.8) is 0 Å². The molecule has 0 spiro atoms. The van der Waals surface area contributed by atoms with Crippen LogP contribution in [0.5, 0.6) is 0 Å². The Kier molecular flexibility index (Phi) is 4.90. The van der Waals surface area contributed by atoms with Crippen LogP contribution in [0, 0.1) is 5.41 Å². The van der Waals surface area contributed by atoms with E-state index in [-0.39, 0.29) is 5.41 Å². The molecule has 40 heavy (non-hydrogen) atoms. The van der Waals surface area contributed by atoms with Crippen LogP contribution in [0.4, 0.5) is 4.39 Å². The highest BCUT2D eigenvalue weighted by molar-refractivity contribution is 5.81. The Morgan fingerprint density at radius 2 is 1.98 bits per heavy atom. The lowest BCUT2D eigenvalue weighted by atomic mass is 9.42. The lowest BCUT2D eigenvalue weighted by molar-refractivity contribution is -0.209. The molecule has 6 aromatic rings. The average molecular weight is 537 g/mol. The molecule has 3 aliphatic rings. The normalized spacial score (nSPS) is 21.5. The summed E-state index contributed by atoms with van der Waals surface area (Å²) < 4.78 is 22.6. The summed E-state index contributed by atoms with van der Waals surface area (Å²) in [6.45, 7) is 2.18. The number of hydrogen-bond acceptors (Lipinski definition) is 7. The molecule has 2 bridgehead atoms. The van der Waals surface area contributed by atoms with Gasteiger partial charge in [0.05, 0.1) is 18.4 Å². The molecule has 0 radical (unpaired) electrons. The molecule has 3 fully saturated rings. The maximum Gasteiger partial charge on any atom is 0.356 e. The molecule has 200 valence electrons. The van der Waals surface area contributed by atoms with Crippen molar-refractivity contribution in [1.29, 1.82) is 0 Å². The van der Waals surface area contributed by atoms with Gasteiger partial charge in [0, 0.05) is 42.3 Å². The quantitative estimate of drug-likeness (QED) is 0.300. The van der Waals surface area contributed by atoms with E-state index in [0.717, 1.165) is 66.3 Å². The maximum absolute atomic E-state index is 13.8. The summed E-state index contributed by atoms with van der Waals surface area (Å²) in [7, 11) is 0. The number of hydrogen-bond donors (Lipinski definition) is 2. The number of aromatic nitrogens is 7. The van der Waals surface area contributed by atoms with Crippen LogP contribution in [0.1, 0.15) is 30.5 Å². The van der Waals surface area contributed by atoms with Crippen molar-refractivity contribution >= 4 is 22.1 Å². The molecule has 2 N–H and O–H groups in total. The van der Waals surface area contributed by atoms with Crippen LogP contribution >= 0.6 is 0 Å². The topological polar surface area (TPSA) is 119 Å². The minimum Gasteiger partial charge on any atom is -0.402 e. The Morgan fingerprint density at radius 3 is 2.85 bits per heavy atom. The minimum absolute atomic E-state index is 0.202. The SMILES string of the molecule is O=c1cnc2ccn(-c3cncc(-c4ncn(Cc5ccc6cc(CNCC78CC(F)(C7)C8)[nH]c6c5)n4)c3)c2o1. The third-order valence-electron chi connectivity index (χ3n) is 8.10. The number of aromatic amines is 1. The van der Waals surface area contributed by atoms with Gasteiger partial charge < -0.3 is 14.7 Å². The second-order valence-electron chi connectivity index (χ2n) is 11.3. The minimum atomic E-state index is -0.846. The number of pyridine rings is 1. The van der Waals surface area contributed by atoms with E-state index in [0.29, 0.717) is 29.3 Å². The summed E-state index contributed by atoms with van der Waals surface area (Å²) in [5.74, 6) is 0.544. The monoisotopic (exact) mass is 536 g/mol. The molecular formula is C29H25FN8O2. The Bertz CT molecular complexity index is 1950. The first kappa shape index (κ1) is 23.3. The second-order valence-corrected chi connectivity index (χ2v) is 11.3. The van der Waals surface area contributed by atoms with E-state index in [1.54, 1.807) is 40.2 Å². The van der Waals surface area contributed by atoms with E-state index in [2.05, 4.69) is 54.6 Å². The number of halogens is 1. The van der Waals surface area contributed by atoms with Crippen LogP contribution in [0.15, 0.2) is 76.7 Å². The summed E-state index contributed by atoms with van der Waals surface area (Å²) in [5.41, 5.74) is 4.51. The van der Waals surface area contributed by atoms with E-state index in [1.165, 1.54) is 0 Å². The molecule has 5 aromatic heterocycles. The van der Waals surface area contributed by atoms with E-state index >= 15 is 0 Å². The molecule has 0 atom stereocenters. The third-order valence-corrected chi connectivity index (χ3v) is 8.10. The molecule has 3 saturated carbocycles. The predicted octanol–water partition coefficient (Wildman–Crippen LogP) is 4.14. The number of nitrogens with zero attached hydrogens (tertiary/aromatic N) is 6. The van der Waals surface area contributed by atoms with Crippen molar-refractivity contribution in [3.05, 3.63) is 89.2 Å². The fourth-order valence-electron chi connectivity index (χ4n) is 6.37. The summed E-state index contributed by atoms with van der Waals surface area (Å²) in [4.78, 5) is 28.1. The summed E-state index contributed by atoms with van der Waals surface area (Å²) in [6, 6.07) is 12.2. The van der Waals surface area contributed by atoms with Crippen LogP contribution in [0.2, 0.25) is 0 Å². The number of alkyl halides is 1. The van der Waals surface area contributed by atoms with Crippen molar-refractivity contribution < 1.29 is 8.81 Å². The molecule has 0 unspecified atom stereocenters. The number of H-pyrrole nitrogens is 1. The molecule has 11 heteroatoms. The molecule has 3 aliphatic carbocycles. The van der Waals surface area contributed by atoms with Gasteiger partial charge in [-0.3, -0.25) is 9.55 Å². The van der Waals surface area contributed by atoms with Crippen LogP contribution in [0.3, 0.4) is 0 Å². The highest BCUT2D eigenvalue weighted by Crippen LogP contribution is 2.69. The maximum atomic E-state index is 13.8. The van der Waals surface area contributed by atoms with Gasteiger partial charge in [-0.05, 0) is 59.9 Å². The summed E-state index contributed by atoms with van der Waals surface area (Å²) in [5, 5.41) is 9.33. The molecule has 5 heterocycles. The zero-order valence-corrected chi connectivity index (χ0v) is 21.5. The first-order valence-corrected chi connectivity index (χ1v) is 13.3. The Balaban J connectivity index is 0.969. The second kappa shape index (κ2) is 8.43. The first-order valence-electron chi connectivity index (χ1n) is 13.3. The predicted molar refractivity (Wildman–Crippen MR) is 146 cm³/mol. The van der Waals surface area contributed by atoms with Crippen molar-refractivity contribution in [2.45, 2.75) is 38.0 Å². The van der Waals surface area contributed by atoms with Crippen LogP contribution in [-0.2, 0) is 13.1 Å². The van der Waals surface area contributed by atoms with Gasteiger partial charge in [-0.2, -0.15) is 5.10 Å². The Hall–Kier alpha value is -4.64. The van der Waals surface area contributed by atoms with Crippen molar-refractivity contribution in [2.24, 2.45) is 5.41 Å². The number of fused-ring (bicyclic) bond motifs is 2. The van der Waals surface area contributed by atoms with Crippen LogP contribution in [0.25, 0.3) is 39.2 Å². The molecular weight excluding hydrogens is 511 g/mol. The summed E-state index contributed by atoms with van der Waals surface area (Å²) >= 11 is 0. The van der Waals surface area contributed by atoms with Crippen LogP contribution < -0.4 is 10.9 Å². The lowest BCUT2D eigenvalue weighted by Crippen LogP contribution is -2.67. The summed E-state index contributed by atoms with van der Waals surface area (Å²) in [6.07, 6.45) is 10.2. The highest BCUT2D eigenvalue weighted by Gasteiger charge is 2.68. The molecule has 0 amide bonds. The number of nitrogens with one attached hydrogen (secondary N) is 2.